The van der Waals surface area contributed by atoms with Crippen LogP contribution < -0.4 is 9.05 Å². The standard InChI is InChI=1S/C19H20NO4P/c1-20(2)25(21-12-7-13-22-25)23-18-16-10-5-3-8-14(16)15-9-4-6-11-17(15)19(18)24-25/h3-6,8-11H,7,12-13H2,1-2H3. The van der Waals surface area contributed by atoms with Crippen molar-refractivity contribution in [1.29, 1.82) is 0 Å². The van der Waals surface area contributed by atoms with E-state index in [2.05, 4.69) is 24.3 Å². The van der Waals surface area contributed by atoms with Gasteiger partial charge in [-0.25, -0.2) is 0 Å². The van der Waals surface area contributed by atoms with Crippen molar-refractivity contribution in [2.75, 3.05) is 27.3 Å². The van der Waals surface area contributed by atoms with E-state index in [1.807, 2.05) is 43.0 Å². The van der Waals surface area contributed by atoms with Crippen molar-refractivity contribution in [3.05, 3.63) is 48.5 Å². The van der Waals surface area contributed by atoms with Crippen molar-refractivity contribution in [2.24, 2.45) is 0 Å². The summed E-state index contributed by atoms with van der Waals surface area (Å²) in [6.07, 6.45) is 0.830. The van der Waals surface area contributed by atoms with Crippen LogP contribution in [-0.2, 0) is 9.05 Å². The molecule has 0 aliphatic carbocycles. The van der Waals surface area contributed by atoms with Crippen LogP contribution in [0.15, 0.2) is 48.5 Å². The van der Waals surface area contributed by atoms with Gasteiger partial charge in [0.25, 0.3) is 0 Å². The van der Waals surface area contributed by atoms with Gasteiger partial charge in [-0.3, -0.25) is 0 Å². The predicted octanol–water partition coefficient (Wildman–Crippen LogP) is 4.89. The summed E-state index contributed by atoms with van der Waals surface area (Å²) in [4.78, 5) is 0. The molecule has 2 heterocycles. The first-order valence-corrected chi connectivity index (χ1v) is 10.3. The van der Waals surface area contributed by atoms with Crippen LogP contribution >= 0.6 is 7.66 Å². The van der Waals surface area contributed by atoms with Crippen LogP contribution in [-0.4, -0.2) is 32.0 Å². The van der Waals surface area contributed by atoms with Crippen molar-refractivity contribution in [3.63, 3.8) is 0 Å². The number of hydrogen-bond acceptors (Lipinski definition) is 5. The second-order valence-corrected chi connectivity index (χ2v) is 9.80. The van der Waals surface area contributed by atoms with E-state index in [9.17, 15) is 0 Å². The normalized spacial score (nSPS) is 22.3. The second-order valence-electron chi connectivity index (χ2n) is 6.57. The van der Waals surface area contributed by atoms with Crippen LogP contribution in [0.5, 0.6) is 11.5 Å². The first-order valence-electron chi connectivity index (χ1n) is 8.47. The minimum absolute atomic E-state index is 0.555. The van der Waals surface area contributed by atoms with Gasteiger partial charge in [-0.1, -0.05) is 0 Å². The van der Waals surface area contributed by atoms with E-state index in [0.29, 0.717) is 24.7 Å². The minimum atomic E-state index is -3.85. The summed E-state index contributed by atoms with van der Waals surface area (Å²) in [7, 11) is -0.0693. The van der Waals surface area contributed by atoms with E-state index in [1.54, 1.807) is 0 Å². The fourth-order valence-electron chi connectivity index (χ4n) is 3.61. The third-order valence-electron chi connectivity index (χ3n) is 4.88. The summed E-state index contributed by atoms with van der Waals surface area (Å²) >= 11 is 0. The first-order chi connectivity index (χ1) is 12.1. The molecule has 0 unspecified atom stereocenters. The van der Waals surface area contributed by atoms with Crippen LogP contribution in [0, 0.1) is 0 Å². The summed E-state index contributed by atoms with van der Waals surface area (Å²) in [6.45, 7) is 1.11. The Hall–Kier alpha value is -1.91. The molecule has 0 N–H and O–H groups in total. The van der Waals surface area contributed by atoms with E-state index >= 15 is 0 Å². The Labute approximate surface area is 146 Å². The Morgan fingerprint density at radius 2 is 1.16 bits per heavy atom. The summed E-state index contributed by atoms with van der Waals surface area (Å²) in [5.74, 6) is 1.42. The van der Waals surface area contributed by atoms with Gasteiger partial charge in [-0.15, -0.1) is 0 Å². The summed E-state index contributed by atoms with van der Waals surface area (Å²) in [5, 5.41) is 4.29. The molecule has 5 nitrogen and oxygen atoms in total. The van der Waals surface area contributed by atoms with Crippen molar-refractivity contribution in [3.8, 4) is 11.5 Å². The Morgan fingerprint density at radius 3 is 1.60 bits per heavy atom. The zero-order valence-electron chi connectivity index (χ0n) is 14.3. The number of fused-ring (bicyclic) bond motifs is 6. The van der Waals surface area contributed by atoms with Crippen LogP contribution in [0.25, 0.3) is 21.5 Å². The SMILES string of the molecule is CN(C)P12(OCCCO1)Oc1c(c3ccccc3c3ccccc13)O2. The molecule has 0 aromatic heterocycles. The fourth-order valence-corrected chi connectivity index (χ4v) is 6.56. The van der Waals surface area contributed by atoms with Crippen molar-refractivity contribution < 1.29 is 18.1 Å². The van der Waals surface area contributed by atoms with Crippen LogP contribution in [0.4, 0.5) is 0 Å². The number of benzene rings is 3. The molecule has 3 aromatic carbocycles. The molecule has 2 aliphatic heterocycles. The molecule has 6 heteroatoms. The third kappa shape index (κ3) is 1.92. The Balaban J connectivity index is 1.86. The van der Waals surface area contributed by atoms with E-state index < -0.39 is 7.66 Å². The quantitative estimate of drug-likeness (QED) is 0.458. The van der Waals surface area contributed by atoms with Gasteiger partial charge in [0.1, 0.15) is 0 Å². The number of rotatable bonds is 1. The van der Waals surface area contributed by atoms with Crippen LogP contribution in [0.1, 0.15) is 6.42 Å². The number of nitrogens with zero attached hydrogens (tertiary/aromatic N) is 1. The Bertz CT molecular complexity index is 929. The van der Waals surface area contributed by atoms with Crippen LogP contribution in [0.3, 0.4) is 0 Å². The molecule has 0 saturated carbocycles. The average molecular weight is 357 g/mol. The molecule has 3 aromatic rings. The molecule has 0 radical (unpaired) electrons. The summed E-state index contributed by atoms with van der Waals surface area (Å²) < 4.78 is 27.1. The molecule has 0 bridgehead atoms. The molecular weight excluding hydrogens is 337 g/mol. The molecule has 0 amide bonds. The Morgan fingerprint density at radius 1 is 0.720 bits per heavy atom. The third-order valence-corrected chi connectivity index (χ3v) is 8.39. The zero-order valence-corrected chi connectivity index (χ0v) is 15.2. The fraction of sp³-hybridized carbons (Fsp3) is 0.263. The Kier molecular flexibility index (Phi) is 3.10. The number of hydrogen-bond donors (Lipinski definition) is 0. The topological polar surface area (TPSA) is 40.2 Å². The van der Waals surface area contributed by atoms with Gasteiger partial charge < -0.3 is 0 Å². The van der Waals surface area contributed by atoms with Gasteiger partial charge in [0, 0.05) is 0 Å². The van der Waals surface area contributed by atoms with Gasteiger partial charge in [0.2, 0.25) is 0 Å². The average Bonchev–Trinajstić information content (AvgIpc) is 3.00. The molecule has 1 spiro atoms. The predicted molar refractivity (Wildman–Crippen MR) is 99.8 cm³/mol. The van der Waals surface area contributed by atoms with Crippen molar-refractivity contribution >= 4 is 29.2 Å². The van der Waals surface area contributed by atoms with Crippen LogP contribution in [0.2, 0.25) is 0 Å². The van der Waals surface area contributed by atoms with Gasteiger partial charge in [-0.2, -0.15) is 0 Å². The molecule has 130 valence electrons. The monoisotopic (exact) mass is 357 g/mol. The van der Waals surface area contributed by atoms with E-state index in [4.69, 9.17) is 18.1 Å². The summed E-state index contributed by atoms with van der Waals surface area (Å²) in [6, 6.07) is 16.4. The zero-order chi connectivity index (χ0) is 17.1. The molecule has 2 aliphatic rings. The van der Waals surface area contributed by atoms with Gasteiger partial charge in [0.05, 0.1) is 0 Å². The van der Waals surface area contributed by atoms with Gasteiger partial charge >= 0.3 is 146 Å². The molecular formula is C19H20NO4P. The molecule has 0 atom stereocenters. The van der Waals surface area contributed by atoms with Gasteiger partial charge in [-0.05, 0) is 0 Å². The van der Waals surface area contributed by atoms with Crippen molar-refractivity contribution in [2.45, 2.75) is 6.42 Å². The maximum atomic E-state index is 6.50. The molecule has 1 fully saturated rings. The second kappa shape index (κ2) is 5.05. The summed E-state index contributed by atoms with van der Waals surface area (Å²) in [5.41, 5.74) is 0. The maximum absolute atomic E-state index is 6.50. The van der Waals surface area contributed by atoms with E-state index in [-0.39, 0.29) is 0 Å². The first kappa shape index (κ1) is 15.4. The molecule has 1 saturated heterocycles. The van der Waals surface area contributed by atoms with E-state index in [1.165, 1.54) is 0 Å². The van der Waals surface area contributed by atoms with Gasteiger partial charge in [0.15, 0.2) is 0 Å². The molecule has 25 heavy (non-hydrogen) atoms. The molecule has 5 rings (SSSR count). The van der Waals surface area contributed by atoms with E-state index in [0.717, 1.165) is 28.0 Å². The van der Waals surface area contributed by atoms with Crippen molar-refractivity contribution in [1.82, 2.24) is 4.67 Å².